The minimum Gasteiger partial charge on any atom is -0.384 e. The third kappa shape index (κ3) is 3.31. The van der Waals surface area contributed by atoms with E-state index in [1.54, 1.807) is 18.2 Å². The number of nitrogens with one attached hydrogen (secondary N) is 2. The molecule has 0 spiro atoms. The minimum absolute atomic E-state index is 0.00106. The quantitative estimate of drug-likeness (QED) is 0.686. The van der Waals surface area contributed by atoms with Crippen LogP contribution in [0.5, 0.6) is 0 Å². The number of aromatic amines is 1. The summed E-state index contributed by atoms with van der Waals surface area (Å²) in [4.78, 5) is 29.8. The van der Waals surface area contributed by atoms with Crippen molar-refractivity contribution in [3.8, 4) is 11.8 Å². The van der Waals surface area contributed by atoms with Crippen LogP contribution in [0, 0.1) is 11.8 Å². The summed E-state index contributed by atoms with van der Waals surface area (Å²) in [7, 11) is 0. The maximum atomic E-state index is 11.9. The molecule has 0 aliphatic heterocycles. The van der Waals surface area contributed by atoms with Crippen LogP contribution in [-0.4, -0.2) is 27.6 Å². The molecule has 6 nitrogen and oxygen atoms in total. The molecule has 100 valence electrons. The molecule has 0 fully saturated rings. The van der Waals surface area contributed by atoms with Gasteiger partial charge in [-0.3, -0.25) is 9.59 Å². The Labute approximate surface area is 114 Å². The predicted octanol–water partition coefficient (Wildman–Crippen LogP) is 0.366. The monoisotopic (exact) mass is 269 g/mol. The first-order valence-electron chi connectivity index (χ1n) is 5.75. The number of rotatable bonds is 2. The number of carbonyl (C=O) groups excluding carboxylic acids is 1. The van der Waals surface area contributed by atoms with E-state index >= 15 is 0 Å². The fourth-order valence-corrected chi connectivity index (χ4v) is 1.50. The van der Waals surface area contributed by atoms with E-state index in [2.05, 4.69) is 27.1 Å². The highest BCUT2D eigenvalue weighted by molar-refractivity contribution is 6.03. The van der Waals surface area contributed by atoms with Crippen LogP contribution in [0.25, 0.3) is 0 Å². The van der Waals surface area contributed by atoms with Crippen LogP contribution in [0.15, 0.2) is 41.5 Å². The van der Waals surface area contributed by atoms with Crippen LogP contribution >= 0.6 is 0 Å². The summed E-state index contributed by atoms with van der Waals surface area (Å²) < 4.78 is 0. The largest absolute Gasteiger partial charge is 0.384 e. The number of anilines is 1. The van der Waals surface area contributed by atoms with Crippen molar-refractivity contribution < 1.29 is 9.90 Å². The number of aliphatic hydroxyl groups is 1. The molecule has 0 saturated heterocycles. The minimum atomic E-state index is -0.549. The van der Waals surface area contributed by atoms with Gasteiger partial charge in [0.1, 0.15) is 18.0 Å². The lowest BCUT2D eigenvalue weighted by atomic mass is 10.2. The van der Waals surface area contributed by atoms with Gasteiger partial charge >= 0.3 is 0 Å². The molecule has 0 aliphatic rings. The molecular weight excluding hydrogens is 258 g/mol. The molecule has 0 aliphatic carbocycles. The molecule has 0 bridgehead atoms. The van der Waals surface area contributed by atoms with Gasteiger partial charge < -0.3 is 15.4 Å². The van der Waals surface area contributed by atoms with Gasteiger partial charge in [0.2, 0.25) is 0 Å². The molecule has 0 aromatic carbocycles. The molecule has 1 amide bonds. The van der Waals surface area contributed by atoms with E-state index in [-0.39, 0.29) is 18.0 Å². The van der Waals surface area contributed by atoms with Crippen LogP contribution in [0.3, 0.4) is 0 Å². The fourth-order valence-electron chi connectivity index (χ4n) is 1.50. The zero-order chi connectivity index (χ0) is 14.4. The van der Waals surface area contributed by atoms with Crippen molar-refractivity contribution in [1.29, 1.82) is 0 Å². The van der Waals surface area contributed by atoms with Crippen LogP contribution in [0.2, 0.25) is 0 Å². The van der Waals surface area contributed by atoms with Crippen molar-refractivity contribution >= 4 is 11.7 Å². The van der Waals surface area contributed by atoms with Gasteiger partial charge in [-0.25, -0.2) is 4.98 Å². The van der Waals surface area contributed by atoms with Crippen molar-refractivity contribution in [3.63, 3.8) is 0 Å². The predicted molar refractivity (Wildman–Crippen MR) is 73.2 cm³/mol. The van der Waals surface area contributed by atoms with Gasteiger partial charge in [0.25, 0.3) is 11.5 Å². The van der Waals surface area contributed by atoms with E-state index in [0.29, 0.717) is 5.56 Å². The van der Waals surface area contributed by atoms with Crippen LogP contribution in [-0.2, 0) is 0 Å². The Hall–Kier alpha value is -2.91. The lowest BCUT2D eigenvalue weighted by molar-refractivity contribution is 0.102. The van der Waals surface area contributed by atoms with E-state index < -0.39 is 11.5 Å². The van der Waals surface area contributed by atoms with Gasteiger partial charge in [-0.1, -0.05) is 11.8 Å². The van der Waals surface area contributed by atoms with Gasteiger partial charge in [0, 0.05) is 18.0 Å². The molecule has 3 N–H and O–H groups in total. The summed E-state index contributed by atoms with van der Waals surface area (Å²) in [6.07, 6.45) is 2.93. The van der Waals surface area contributed by atoms with Crippen molar-refractivity contribution in [2.24, 2.45) is 0 Å². The Morgan fingerprint density at radius 3 is 3.05 bits per heavy atom. The lowest BCUT2D eigenvalue weighted by Crippen LogP contribution is -2.22. The maximum absolute atomic E-state index is 11.9. The molecule has 2 heterocycles. The number of carbonyl (C=O) groups is 1. The second-order valence-corrected chi connectivity index (χ2v) is 3.76. The summed E-state index contributed by atoms with van der Waals surface area (Å²) in [6.45, 7) is -0.247. The Morgan fingerprint density at radius 1 is 1.45 bits per heavy atom. The molecule has 0 atom stereocenters. The molecule has 6 heteroatoms. The average molecular weight is 269 g/mol. The maximum Gasteiger partial charge on any atom is 0.262 e. The van der Waals surface area contributed by atoms with E-state index in [4.69, 9.17) is 5.11 Å². The van der Waals surface area contributed by atoms with Crippen molar-refractivity contribution in [3.05, 3.63) is 58.1 Å². The van der Waals surface area contributed by atoms with Gasteiger partial charge in [-0.2, -0.15) is 0 Å². The van der Waals surface area contributed by atoms with Crippen molar-refractivity contribution in [1.82, 2.24) is 9.97 Å². The van der Waals surface area contributed by atoms with Gasteiger partial charge in [0.05, 0.1) is 0 Å². The SMILES string of the molecule is O=C(Nc1cc(C#CCO)ccn1)c1ccc[nH]c1=O. The Morgan fingerprint density at radius 2 is 2.30 bits per heavy atom. The van der Waals surface area contributed by atoms with Gasteiger partial charge in [0.15, 0.2) is 0 Å². The molecule has 0 unspecified atom stereocenters. The standard InChI is InChI=1S/C14H11N3O3/c18-8-2-3-10-5-7-15-12(9-10)17-14(20)11-4-1-6-16-13(11)19/h1,4-7,9,18H,8H2,(H,16,19)(H,15,17,20). The van der Waals surface area contributed by atoms with Crippen LogP contribution in [0.1, 0.15) is 15.9 Å². The molecule has 2 aromatic heterocycles. The van der Waals surface area contributed by atoms with Crippen molar-refractivity contribution in [2.75, 3.05) is 11.9 Å². The number of pyridine rings is 2. The van der Waals surface area contributed by atoms with Crippen molar-refractivity contribution in [2.45, 2.75) is 0 Å². The first-order valence-corrected chi connectivity index (χ1v) is 5.75. The highest BCUT2D eigenvalue weighted by atomic mass is 16.2. The van der Waals surface area contributed by atoms with E-state index in [9.17, 15) is 9.59 Å². The zero-order valence-corrected chi connectivity index (χ0v) is 10.4. The summed E-state index contributed by atoms with van der Waals surface area (Å²) >= 11 is 0. The third-order valence-corrected chi connectivity index (χ3v) is 2.38. The summed E-state index contributed by atoms with van der Waals surface area (Å²) in [6, 6.07) is 6.18. The van der Waals surface area contributed by atoms with Gasteiger partial charge in [-0.15, -0.1) is 0 Å². The Kier molecular flexibility index (Phi) is 4.27. The number of hydrogen-bond donors (Lipinski definition) is 3. The number of amides is 1. The lowest BCUT2D eigenvalue weighted by Gasteiger charge is -2.03. The van der Waals surface area contributed by atoms with E-state index in [0.717, 1.165) is 0 Å². The number of aromatic nitrogens is 2. The summed E-state index contributed by atoms with van der Waals surface area (Å²) in [5, 5.41) is 11.1. The average Bonchev–Trinajstić information content (AvgIpc) is 2.46. The third-order valence-electron chi connectivity index (χ3n) is 2.38. The molecule has 2 aromatic rings. The van der Waals surface area contributed by atoms with E-state index in [1.165, 1.54) is 18.5 Å². The number of hydrogen-bond acceptors (Lipinski definition) is 4. The van der Waals surface area contributed by atoms with Gasteiger partial charge in [-0.05, 0) is 24.3 Å². The van der Waals surface area contributed by atoms with Crippen LogP contribution < -0.4 is 10.9 Å². The first kappa shape index (κ1) is 13.5. The number of aliphatic hydroxyl groups excluding tert-OH is 1. The Bertz CT molecular complexity index is 741. The zero-order valence-electron chi connectivity index (χ0n) is 10.4. The molecule has 2 rings (SSSR count). The molecule has 20 heavy (non-hydrogen) atoms. The molecule has 0 radical (unpaired) electrons. The Balaban J connectivity index is 2.20. The number of nitrogens with zero attached hydrogens (tertiary/aromatic N) is 1. The van der Waals surface area contributed by atoms with Crippen LogP contribution in [0.4, 0.5) is 5.82 Å². The highest BCUT2D eigenvalue weighted by Crippen LogP contribution is 2.06. The fraction of sp³-hybridized carbons (Fsp3) is 0.0714. The summed E-state index contributed by atoms with van der Waals surface area (Å²) in [5.74, 6) is 4.93. The summed E-state index contributed by atoms with van der Waals surface area (Å²) in [5.41, 5.74) is 0.133. The number of H-pyrrole nitrogens is 1. The first-order chi connectivity index (χ1) is 9.70. The smallest absolute Gasteiger partial charge is 0.262 e. The van der Waals surface area contributed by atoms with E-state index in [1.807, 2.05) is 0 Å². The second kappa shape index (κ2) is 6.31. The molecular formula is C14H11N3O3. The second-order valence-electron chi connectivity index (χ2n) is 3.76. The normalized spacial score (nSPS) is 9.45. The highest BCUT2D eigenvalue weighted by Gasteiger charge is 2.10. The topological polar surface area (TPSA) is 95.1 Å². The molecule has 0 saturated carbocycles.